The van der Waals surface area contributed by atoms with Crippen molar-refractivity contribution in [3.63, 3.8) is 0 Å². The first kappa shape index (κ1) is 42.4. The predicted molar refractivity (Wildman–Crippen MR) is 308 cm³/mol. The molecule has 0 fully saturated rings. The van der Waals surface area contributed by atoms with Crippen LogP contribution in [-0.2, 0) is 0 Å². The molecule has 4 aromatic heterocycles. The molecule has 0 aliphatic carbocycles. The Hall–Kier alpha value is -9.26. The minimum atomic E-state index is 0.331. The summed E-state index contributed by atoms with van der Waals surface area (Å²) in [5.74, 6) is 0.662. The summed E-state index contributed by atoms with van der Waals surface area (Å²) < 4.78 is 27.2. The Bertz CT molecular complexity index is 4450. The van der Waals surface area contributed by atoms with E-state index in [4.69, 9.17) is 17.7 Å². The third-order valence-corrected chi connectivity index (χ3v) is 15.3. The largest absolute Gasteiger partial charge is 0.456 e. The van der Waals surface area contributed by atoms with Crippen molar-refractivity contribution in [1.29, 1.82) is 0 Å². The van der Waals surface area contributed by atoms with Crippen LogP contribution in [-0.4, -0.2) is 0 Å². The van der Waals surface area contributed by atoms with Crippen molar-refractivity contribution in [1.82, 2.24) is 0 Å². The third-order valence-electron chi connectivity index (χ3n) is 15.3. The quantitative estimate of drug-likeness (QED) is 0.151. The molecule has 15 aromatic rings. The molecule has 15 rings (SSSR count). The maximum atomic E-state index is 6.85. The van der Waals surface area contributed by atoms with Crippen molar-refractivity contribution in [2.45, 2.75) is 39.5 Å². The number of para-hydroxylation sites is 6. The molecule has 74 heavy (non-hydrogen) atoms. The lowest BCUT2D eigenvalue weighted by Gasteiger charge is -2.25. The Morgan fingerprint density at radius 1 is 0.270 bits per heavy atom. The van der Waals surface area contributed by atoms with Gasteiger partial charge in [0.25, 0.3) is 0 Å². The molecule has 0 aliphatic rings. The topological polar surface area (TPSA) is 59.0 Å². The molecular weight excluding hydrogens is 909 g/mol. The van der Waals surface area contributed by atoms with E-state index in [1.807, 2.05) is 0 Å². The highest BCUT2D eigenvalue weighted by molar-refractivity contribution is 6.19. The number of rotatable bonds is 8. The molecule has 0 N–H and O–H groups in total. The first-order chi connectivity index (χ1) is 36.3. The Morgan fingerprint density at radius 2 is 0.662 bits per heavy atom. The van der Waals surface area contributed by atoms with E-state index in [0.29, 0.717) is 11.8 Å². The SMILES string of the molecule is CC(C)c1cccc2c1oc1c(N(c3ccccc3)c3ccc4cc5c(cc4c3)oc3cc4oc6cc7cc(N(c8ccccc8)c8cccc9c8oc8c(C(C)C)cccc89)ccc7cc6c4cc35)cccc12. The lowest BCUT2D eigenvalue weighted by Crippen LogP contribution is -2.10. The summed E-state index contributed by atoms with van der Waals surface area (Å²) >= 11 is 0. The highest BCUT2D eigenvalue weighted by Gasteiger charge is 2.24. The number of hydrogen-bond donors (Lipinski definition) is 0. The van der Waals surface area contributed by atoms with Crippen molar-refractivity contribution >= 4 is 143 Å². The Labute approximate surface area is 425 Å². The lowest BCUT2D eigenvalue weighted by atomic mass is 10.00. The molecule has 0 amide bonds. The van der Waals surface area contributed by atoms with E-state index in [1.54, 1.807) is 0 Å². The molecule has 0 saturated carbocycles. The van der Waals surface area contributed by atoms with E-state index in [0.717, 1.165) is 143 Å². The van der Waals surface area contributed by atoms with Gasteiger partial charge in [-0.25, -0.2) is 0 Å². The number of furan rings is 4. The summed E-state index contributed by atoms with van der Waals surface area (Å²) in [5.41, 5.74) is 15.4. The fourth-order valence-electron chi connectivity index (χ4n) is 11.7. The van der Waals surface area contributed by atoms with Crippen LogP contribution in [0.3, 0.4) is 0 Å². The van der Waals surface area contributed by atoms with Gasteiger partial charge in [-0.1, -0.05) is 137 Å². The summed E-state index contributed by atoms with van der Waals surface area (Å²) in [4.78, 5) is 4.60. The first-order valence-corrected chi connectivity index (χ1v) is 25.6. The zero-order chi connectivity index (χ0) is 49.3. The molecule has 11 aromatic carbocycles. The molecule has 0 spiro atoms. The van der Waals surface area contributed by atoms with Crippen molar-refractivity contribution < 1.29 is 17.7 Å². The molecule has 0 saturated heterocycles. The minimum absolute atomic E-state index is 0.331. The van der Waals surface area contributed by atoms with E-state index in [1.165, 1.54) is 11.1 Å². The van der Waals surface area contributed by atoms with Crippen molar-refractivity contribution in [3.8, 4) is 0 Å². The van der Waals surface area contributed by atoms with Gasteiger partial charge in [-0.05, 0) is 136 Å². The molecule has 6 nitrogen and oxygen atoms in total. The fourth-order valence-corrected chi connectivity index (χ4v) is 11.7. The van der Waals surface area contributed by atoms with Gasteiger partial charge >= 0.3 is 0 Å². The number of hydrogen-bond acceptors (Lipinski definition) is 6. The van der Waals surface area contributed by atoms with Gasteiger partial charge < -0.3 is 27.5 Å². The Balaban J connectivity index is 0.828. The maximum Gasteiger partial charge on any atom is 0.159 e. The second kappa shape index (κ2) is 16.1. The minimum Gasteiger partial charge on any atom is -0.456 e. The number of fused-ring (bicyclic) bond motifs is 14. The monoisotopic (exact) mass is 956 g/mol. The Morgan fingerprint density at radius 3 is 1.09 bits per heavy atom. The standard InChI is InChI=1S/C68H48N2O4/c1-39(2)49-19-11-21-51-53-23-13-25-59(67(53)73-65(49)51)69(45-15-7-5-8-16-45)47-29-27-41-33-55-57-37-58-56-34-42-28-30-48(32-44(42)36-62(56)72-64(58)38-63(57)71-61(55)35-43(41)31-47)70(46-17-9-6-10-18-46)60-26-14-24-54-52-22-12-20-50(40(3)4)66(52)74-68(54)60/h5-40H,1-4H3. The highest BCUT2D eigenvalue weighted by atomic mass is 16.3. The van der Waals surface area contributed by atoms with Crippen molar-refractivity contribution in [2.75, 3.05) is 9.80 Å². The molecule has 0 radical (unpaired) electrons. The van der Waals surface area contributed by atoms with Crippen molar-refractivity contribution in [2.24, 2.45) is 0 Å². The third kappa shape index (κ3) is 6.44. The molecule has 0 bridgehead atoms. The Kier molecular flexibility index (Phi) is 9.24. The van der Waals surface area contributed by atoms with Crippen LogP contribution >= 0.6 is 0 Å². The summed E-state index contributed by atoms with van der Waals surface area (Å²) in [5, 5.41) is 13.1. The van der Waals surface area contributed by atoms with Crippen LogP contribution in [0.1, 0.15) is 50.7 Å². The van der Waals surface area contributed by atoms with Crippen LogP contribution in [0.25, 0.3) is 109 Å². The van der Waals surface area contributed by atoms with Crippen LogP contribution < -0.4 is 9.80 Å². The lowest BCUT2D eigenvalue weighted by molar-refractivity contribution is 0.656. The first-order valence-electron chi connectivity index (χ1n) is 25.6. The average Bonchev–Trinajstić information content (AvgIpc) is 4.21. The summed E-state index contributed by atoms with van der Waals surface area (Å²) in [7, 11) is 0. The predicted octanol–water partition coefficient (Wildman–Crippen LogP) is 20.8. The van der Waals surface area contributed by atoms with E-state index in [9.17, 15) is 0 Å². The van der Waals surface area contributed by atoms with Gasteiger partial charge in [-0.3, -0.25) is 0 Å². The molecule has 0 unspecified atom stereocenters. The van der Waals surface area contributed by atoms with Crippen LogP contribution in [0.5, 0.6) is 0 Å². The second-order valence-electron chi connectivity index (χ2n) is 20.4. The number of nitrogens with zero attached hydrogens (tertiary/aromatic N) is 2. The number of anilines is 6. The highest BCUT2D eigenvalue weighted by Crippen LogP contribution is 2.47. The molecule has 6 heteroatoms. The summed E-state index contributed by atoms with van der Waals surface area (Å²) in [6.45, 7) is 8.88. The van der Waals surface area contributed by atoms with Gasteiger partial charge in [0.2, 0.25) is 0 Å². The molecular formula is C68H48N2O4. The average molecular weight is 957 g/mol. The van der Waals surface area contributed by atoms with Crippen LogP contribution in [0, 0.1) is 0 Å². The van der Waals surface area contributed by atoms with Crippen LogP contribution in [0.15, 0.2) is 224 Å². The van der Waals surface area contributed by atoms with Gasteiger partial charge in [-0.2, -0.15) is 0 Å². The maximum absolute atomic E-state index is 6.85. The summed E-state index contributed by atoms with van der Waals surface area (Å²) in [6.07, 6.45) is 0. The second-order valence-corrected chi connectivity index (χ2v) is 20.4. The van der Waals surface area contributed by atoms with E-state index >= 15 is 0 Å². The fraction of sp³-hybridized carbons (Fsp3) is 0.0882. The molecule has 0 atom stereocenters. The smallest absolute Gasteiger partial charge is 0.159 e. The van der Waals surface area contributed by atoms with Crippen LogP contribution in [0.2, 0.25) is 0 Å². The van der Waals surface area contributed by atoms with Gasteiger partial charge in [0, 0.05) is 71.9 Å². The van der Waals surface area contributed by atoms with Gasteiger partial charge in [0.15, 0.2) is 11.2 Å². The molecule has 0 aliphatic heterocycles. The normalized spacial score (nSPS) is 12.3. The molecule has 4 heterocycles. The van der Waals surface area contributed by atoms with Crippen LogP contribution in [0.4, 0.5) is 34.1 Å². The summed E-state index contributed by atoms with van der Waals surface area (Å²) in [6, 6.07) is 73.5. The van der Waals surface area contributed by atoms with Gasteiger partial charge in [0.1, 0.15) is 33.5 Å². The zero-order valence-corrected chi connectivity index (χ0v) is 41.3. The molecule has 354 valence electrons. The van der Waals surface area contributed by atoms with Gasteiger partial charge in [0.05, 0.1) is 11.4 Å². The van der Waals surface area contributed by atoms with Gasteiger partial charge in [-0.15, -0.1) is 0 Å². The van der Waals surface area contributed by atoms with E-state index < -0.39 is 0 Å². The van der Waals surface area contributed by atoms with Crippen molar-refractivity contribution in [3.05, 3.63) is 217 Å². The van der Waals surface area contributed by atoms with E-state index in [2.05, 4.69) is 244 Å². The number of benzene rings is 11. The van der Waals surface area contributed by atoms with E-state index in [-0.39, 0.29) is 0 Å². The zero-order valence-electron chi connectivity index (χ0n) is 41.3.